The van der Waals surface area contributed by atoms with Crippen LogP contribution >= 0.6 is 38.9 Å². The first-order valence-corrected chi connectivity index (χ1v) is 9.41. The van der Waals surface area contributed by atoms with Crippen molar-refractivity contribution in [1.82, 2.24) is 9.21 Å². The number of nitrogens with two attached hydrogens (primary N) is 1. The summed E-state index contributed by atoms with van der Waals surface area (Å²) in [7, 11) is -3.52. The minimum atomic E-state index is -3.52. The van der Waals surface area contributed by atoms with Gasteiger partial charge in [-0.25, -0.2) is 8.42 Å². The van der Waals surface area contributed by atoms with Crippen molar-refractivity contribution in [3.8, 4) is 0 Å². The predicted molar refractivity (Wildman–Crippen MR) is 85.6 cm³/mol. The maximum atomic E-state index is 12.5. The van der Waals surface area contributed by atoms with Gasteiger partial charge in [0, 0.05) is 26.2 Å². The molecule has 1 saturated heterocycles. The SMILES string of the molecule is NC(CN1CCN(S(=O)(=O)c2cc(Cl)c(Br)s2)CC1)=NO. The van der Waals surface area contributed by atoms with E-state index in [1.54, 1.807) is 0 Å². The highest BCUT2D eigenvalue weighted by Crippen LogP contribution is 2.36. The first kappa shape index (κ1) is 17.0. The van der Waals surface area contributed by atoms with Gasteiger partial charge in [-0.1, -0.05) is 16.8 Å². The Kier molecular flexibility index (Phi) is 5.49. The first-order valence-electron chi connectivity index (χ1n) is 5.98. The monoisotopic (exact) mass is 416 g/mol. The zero-order valence-electron chi connectivity index (χ0n) is 10.9. The van der Waals surface area contributed by atoms with Crippen molar-refractivity contribution in [3.63, 3.8) is 0 Å². The van der Waals surface area contributed by atoms with Gasteiger partial charge < -0.3 is 10.9 Å². The minimum absolute atomic E-state index is 0.111. The van der Waals surface area contributed by atoms with E-state index in [1.807, 2.05) is 4.90 Å². The van der Waals surface area contributed by atoms with Crippen LogP contribution in [0.15, 0.2) is 19.2 Å². The van der Waals surface area contributed by atoms with Gasteiger partial charge >= 0.3 is 0 Å². The van der Waals surface area contributed by atoms with Gasteiger partial charge in [-0.15, -0.1) is 11.3 Å². The average Bonchev–Trinajstić information content (AvgIpc) is 2.80. The summed E-state index contributed by atoms with van der Waals surface area (Å²) < 4.78 is 27.2. The highest BCUT2D eigenvalue weighted by molar-refractivity contribution is 9.11. The Bertz CT molecular complexity index is 621. The van der Waals surface area contributed by atoms with E-state index in [4.69, 9.17) is 22.5 Å². The maximum Gasteiger partial charge on any atom is 0.252 e. The third-order valence-electron chi connectivity index (χ3n) is 3.06. The number of hydrogen-bond donors (Lipinski definition) is 2. The fraction of sp³-hybridized carbons (Fsp3) is 0.500. The molecule has 118 valence electrons. The Balaban J connectivity index is 2.04. The van der Waals surface area contributed by atoms with Crippen molar-refractivity contribution < 1.29 is 13.6 Å². The van der Waals surface area contributed by atoms with E-state index in [0.29, 0.717) is 41.5 Å². The second kappa shape index (κ2) is 6.80. The molecule has 21 heavy (non-hydrogen) atoms. The summed E-state index contributed by atoms with van der Waals surface area (Å²) in [5.41, 5.74) is 5.44. The van der Waals surface area contributed by atoms with Crippen LogP contribution in [0.2, 0.25) is 5.02 Å². The van der Waals surface area contributed by atoms with Crippen molar-refractivity contribution >= 4 is 54.7 Å². The van der Waals surface area contributed by atoms with Gasteiger partial charge in [-0.3, -0.25) is 4.90 Å². The number of amidine groups is 1. The molecule has 11 heteroatoms. The molecule has 0 atom stereocenters. The topological polar surface area (TPSA) is 99.2 Å². The van der Waals surface area contributed by atoms with Gasteiger partial charge in [0.25, 0.3) is 10.0 Å². The molecule has 3 N–H and O–H groups in total. The molecule has 1 aromatic heterocycles. The van der Waals surface area contributed by atoms with Crippen LogP contribution in [-0.4, -0.2) is 61.4 Å². The predicted octanol–water partition coefficient (Wildman–Crippen LogP) is 1.22. The molecule has 7 nitrogen and oxygen atoms in total. The summed E-state index contributed by atoms with van der Waals surface area (Å²) in [4.78, 5) is 1.93. The zero-order chi connectivity index (χ0) is 15.6. The molecular weight excluding hydrogens is 404 g/mol. The zero-order valence-corrected chi connectivity index (χ0v) is 14.8. The molecule has 0 radical (unpaired) electrons. The Morgan fingerprint density at radius 1 is 1.48 bits per heavy atom. The molecule has 2 heterocycles. The Hall–Kier alpha value is -0.390. The fourth-order valence-electron chi connectivity index (χ4n) is 1.97. The van der Waals surface area contributed by atoms with Gasteiger partial charge in [0.05, 0.1) is 15.4 Å². The summed E-state index contributed by atoms with van der Waals surface area (Å²) in [5, 5.41) is 11.8. The summed E-state index contributed by atoms with van der Waals surface area (Å²) in [6.45, 7) is 2.08. The van der Waals surface area contributed by atoms with E-state index >= 15 is 0 Å². The van der Waals surface area contributed by atoms with Crippen LogP contribution < -0.4 is 5.73 Å². The lowest BCUT2D eigenvalue weighted by molar-refractivity contribution is 0.206. The van der Waals surface area contributed by atoms with Crippen LogP contribution in [0.3, 0.4) is 0 Å². The molecule has 1 aliphatic rings. The first-order chi connectivity index (χ1) is 9.84. The number of hydrogen-bond acceptors (Lipinski definition) is 6. The largest absolute Gasteiger partial charge is 0.409 e. The van der Waals surface area contributed by atoms with Crippen LogP contribution in [0.5, 0.6) is 0 Å². The summed E-state index contributed by atoms with van der Waals surface area (Å²) in [6, 6.07) is 1.45. The quantitative estimate of drug-likeness (QED) is 0.332. The van der Waals surface area contributed by atoms with Gasteiger partial charge in [0.1, 0.15) is 4.21 Å². The molecule has 0 saturated carbocycles. The van der Waals surface area contributed by atoms with Gasteiger partial charge in [0.2, 0.25) is 0 Å². The number of oxime groups is 1. The highest BCUT2D eigenvalue weighted by Gasteiger charge is 2.30. The second-order valence-electron chi connectivity index (χ2n) is 4.46. The van der Waals surface area contributed by atoms with Gasteiger partial charge in [-0.2, -0.15) is 4.31 Å². The summed E-state index contributed by atoms with van der Waals surface area (Å²) in [6.07, 6.45) is 0. The molecule has 1 aliphatic heterocycles. The van der Waals surface area contributed by atoms with Crippen molar-refractivity contribution in [2.24, 2.45) is 10.9 Å². The average molecular weight is 418 g/mol. The number of sulfonamides is 1. The number of halogens is 2. The van der Waals surface area contributed by atoms with Crippen LogP contribution in [0.4, 0.5) is 0 Å². The van der Waals surface area contributed by atoms with Crippen molar-refractivity contribution in [3.05, 3.63) is 14.9 Å². The van der Waals surface area contributed by atoms with Crippen LogP contribution in [0, 0.1) is 0 Å². The summed E-state index contributed by atoms with van der Waals surface area (Å²) in [5.74, 6) is 0.111. The normalized spacial score (nSPS) is 19.0. The van der Waals surface area contributed by atoms with E-state index in [2.05, 4.69) is 21.1 Å². The molecule has 0 amide bonds. The smallest absolute Gasteiger partial charge is 0.252 e. The molecule has 0 bridgehead atoms. The Morgan fingerprint density at radius 2 is 2.10 bits per heavy atom. The van der Waals surface area contributed by atoms with E-state index < -0.39 is 10.0 Å². The van der Waals surface area contributed by atoms with Gasteiger partial charge in [-0.05, 0) is 22.0 Å². The van der Waals surface area contributed by atoms with E-state index in [1.165, 1.54) is 10.4 Å². The lowest BCUT2D eigenvalue weighted by atomic mass is 10.3. The molecule has 0 unspecified atom stereocenters. The van der Waals surface area contributed by atoms with E-state index in [0.717, 1.165) is 11.3 Å². The molecular formula is C10H14BrClN4O3S2. The summed E-state index contributed by atoms with van der Waals surface area (Å²) >= 11 is 10.2. The lowest BCUT2D eigenvalue weighted by Crippen LogP contribution is -2.50. The maximum absolute atomic E-state index is 12.5. The molecule has 1 fully saturated rings. The standard InChI is InChI=1S/C10H14BrClN4O3S2/c11-10-7(12)5-9(20-10)21(18,19)16-3-1-15(2-4-16)6-8(13)14-17/h5,17H,1-4,6H2,(H2,13,14). The lowest BCUT2D eigenvalue weighted by Gasteiger charge is -2.33. The minimum Gasteiger partial charge on any atom is -0.409 e. The Labute approximate surface area is 140 Å². The third kappa shape index (κ3) is 3.88. The Morgan fingerprint density at radius 3 is 2.57 bits per heavy atom. The number of piperazine rings is 1. The van der Waals surface area contributed by atoms with Crippen molar-refractivity contribution in [1.29, 1.82) is 0 Å². The van der Waals surface area contributed by atoms with Crippen LogP contribution in [-0.2, 0) is 10.0 Å². The number of nitrogens with zero attached hydrogens (tertiary/aromatic N) is 3. The van der Waals surface area contributed by atoms with Gasteiger partial charge in [0.15, 0.2) is 5.84 Å². The second-order valence-corrected chi connectivity index (χ2v) is 9.40. The molecule has 0 spiro atoms. The third-order valence-corrected chi connectivity index (χ3v) is 7.88. The molecule has 0 aliphatic carbocycles. The van der Waals surface area contributed by atoms with Crippen LogP contribution in [0.25, 0.3) is 0 Å². The molecule has 0 aromatic carbocycles. The molecule has 1 aromatic rings. The number of thiophene rings is 1. The van der Waals surface area contributed by atoms with E-state index in [-0.39, 0.29) is 10.0 Å². The molecule has 2 rings (SSSR count). The number of rotatable bonds is 4. The van der Waals surface area contributed by atoms with Crippen LogP contribution in [0.1, 0.15) is 0 Å². The van der Waals surface area contributed by atoms with Crippen molar-refractivity contribution in [2.45, 2.75) is 4.21 Å². The van der Waals surface area contributed by atoms with E-state index in [9.17, 15) is 8.42 Å². The highest BCUT2D eigenvalue weighted by atomic mass is 79.9. The fourth-order valence-corrected chi connectivity index (χ4v) is 5.95. The van der Waals surface area contributed by atoms with Crippen molar-refractivity contribution in [2.75, 3.05) is 32.7 Å².